The van der Waals surface area contributed by atoms with E-state index in [9.17, 15) is 9.59 Å². The van der Waals surface area contributed by atoms with Crippen molar-refractivity contribution in [1.29, 1.82) is 0 Å². The van der Waals surface area contributed by atoms with Gasteiger partial charge in [-0.1, -0.05) is 12.1 Å². The fourth-order valence-corrected chi connectivity index (χ4v) is 4.46. The predicted molar refractivity (Wildman–Crippen MR) is 122 cm³/mol. The van der Waals surface area contributed by atoms with Crippen LogP contribution in [0.4, 0.5) is 17.1 Å². The molecule has 30 heavy (non-hydrogen) atoms. The van der Waals surface area contributed by atoms with Gasteiger partial charge in [0.2, 0.25) is 11.8 Å². The molecule has 1 unspecified atom stereocenters. The van der Waals surface area contributed by atoms with E-state index in [2.05, 4.69) is 6.92 Å². The summed E-state index contributed by atoms with van der Waals surface area (Å²) in [5.41, 5.74) is 6.72. The van der Waals surface area contributed by atoms with E-state index in [1.807, 2.05) is 57.2 Å². The number of rotatable bonds is 4. The molecule has 1 fully saturated rings. The van der Waals surface area contributed by atoms with Crippen LogP contribution in [0.5, 0.6) is 0 Å². The van der Waals surface area contributed by atoms with Gasteiger partial charge in [-0.05, 0) is 87.9 Å². The maximum Gasteiger partial charge on any atom is 0.247 e. The first-order valence-corrected chi connectivity index (χ1v) is 10.8. The number of carbonyl (C=O) groups excluding carboxylic acids is 2. The maximum absolute atomic E-state index is 13.5. The van der Waals surface area contributed by atoms with Gasteiger partial charge in [0.15, 0.2) is 0 Å². The van der Waals surface area contributed by atoms with Crippen molar-refractivity contribution in [1.82, 2.24) is 0 Å². The van der Waals surface area contributed by atoms with Gasteiger partial charge in [0.1, 0.15) is 6.54 Å². The van der Waals surface area contributed by atoms with E-state index in [1.165, 1.54) is 0 Å². The molecule has 0 N–H and O–H groups in total. The van der Waals surface area contributed by atoms with Crippen LogP contribution in [0.15, 0.2) is 41.4 Å². The fourth-order valence-electron chi connectivity index (χ4n) is 4.46. The van der Waals surface area contributed by atoms with Crippen molar-refractivity contribution in [2.45, 2.75) is 47.0 Å². The molecule has 1 atom stereocenters. The van der Waals surface area contributed by atoms with E-state index in [0.717, 1.165) is 58.7 Å². The zero-order valence-electron chi connectivity index (χ0n) is 18.2. The summed E-state index contributed by atoms with van der Waals surface area (Å²) in [5.74, 6) is -0.288. The Morgan fingerprint density at radius 1 is 1.17 bits per heavy atom. The molecule has 5 nitrogen and oxygen atoms in total. The minimum atomic E-state index is -0.208. The molecule has 0 saturated heterocycles. The quantitative estimate of drug-likeness (QED) is 0.730. The third-order valence-electron chi connectivity index (χ3n) is 6.26. The Balaban J connectivity index is 1.72. The Bertz CT molecular complexity index is 1040. The summed E-state index contributed by atoms with van der Waals surface area (Å²) in [7, 11) is 0. The lowest BCUT2D eigenvalue weighted by atomic mass is 10.0. The first kappa shape index (κ1) is 20.3. The van der Waals surface area contributed by atoms with Gasteiger partial charge in [-0.25, -0.2) is 0 Å². The Hall–Kier alpha value is -2.95. The average Bonchev–Trinajstić information content (AvgIpc) is 3.14. The summed E-state index contributed by atoms with van der Waals surface area (Å²) in [4.78, 5) is 35.2. The molecule has 0 bridgehead atoms. The molecule has 1 heterocycles. The van der Waals surface area contributed by atoms with Crippen LogP contribution in [0.3, 0.4) is 0 Å². The van der Waals surface area contributed by atoms with Crippen LogP contribution >= 0.6 is 0 Å². The molecule has 0 aromatic heterocycles. The van der Waals surface area contributed by atoms with Crippen molar-refractivity contribution >= 4 is 34.6 Å². The first-order chi connectivity index (χ1) is 14.4. The van der Waals surface area contributed by atoms with E-state index >= 15 is 0 Å². The van der Waals surface area contributed by atoms with Gasteiger partial charge in [-0.3, -0.25) is 14.6 Å². The zero-order chi connectivity index (χ0) is 21.4. The van der Waals surface area contributed by atoms with E-state index in [0.29, 0.717) is 6.54 Å². The number of nitrogens with zero attached hydrogens (tertiary/aromatic N) is 3. The number of benzene rings is 2. The molecule has 2 aliphatic rings. The number of hydrogen-bond donors (Lipinski definition) is 0. The van der Waals surface area contributed by atoms with Gasteiger partial charge in [0.25, 0.3) is 0 Å². The number of aliphatic imine (C=N–C) groups is 1. The summed E-state index contributed by atoms with van der Waals surface area (Å²) in [6.45, 7) is 8.64. The smallest absolute Gasteiger partial charge is 0.247 e. The van der Waals surface area contributed by atoms with Crippen LogP contribution in [0.2, 0.25) is 0 Å². The minimum absolute atomic E-state index is 0.00176. The Morgan fingerprint density at radius 2 is 1.93 bits per heavy atom. The second-order valence-corrected chi connectivity index (χ2v) is 8.37. The van der Waals surface area contributed by atoms with Crippen molar-refractivity contribution in [3.05, 3.63) is 53.1 Å². The molecule has 2 amide bonds. The molecule has 1 saturated carbocycles. The van der Waals surface area contributed by atoms with Crippen molar-refractivity contribution < 1.29 is 9.59 Å². The van der Waals surface area contributed by atoms with Gasteiger partial charge in [-0.2, -0.15) is 0 Å². The lowest BCUT2D eigenvalue weighted by Gasteiger charge is -2.28. The highest BCUT2D eigenvalue weighted by Crippen LogP contribution is 2.39. The average molecular weight is 404 g/mol. The van der Waals surface area contributed by atoms with Crippen molar-refractivity contribution in [2.75, 3.05) is 22.9 Å². The molecule has 0 spiro atoms. The summed E-state index contributed by atoms with van der Waals surface area (Å²) in [6.07, 6.45) is 2.64. The lowest BCUT2D eigenvalue weighted by molar-refractivity contribution is -0.123. The highest BCUT2D eigenvalue weighted by Gasteiger charge is 2.37. The fraction of sp³-hybridized carbons (Fsp3) is 0.400. The largest absolute Gasteiger partial charge is 0.311 e. The maximum atomic E-state index is 13.5. The van der Waals surface area contributed by atoms with E-state index in [1.54, 1.807) is 9.80 Å². The zero-order valence-corrected chi connectivity index (χ0v) is 18.2. The standard InChI is InChI=1S/C25H29N3O2/c1-5-27(19-9-6-8-16(2)12-19)24(29)15-28-23-14-18(4)17(3)13-22(23)26-21-11-7-10-20(21)25(28)30/h6,8-9,12-14,20H,5,7,10-11,15H2,1-4H3. The number of aryl methyl sites for hydroxylation is 3. The highest BCUT2D eigenvalue weighted by molar-refractivity contribution is 6.17. The van der Waals surface area contributed by atoms with Gasteiger partial charge in [0.05, 0.1) is 17.3 Å². The van der Waals surface area contributed by atoms with Crippen molar-refractivity contribution in [2.24, 2.45) is 10.9 Å². The van der Waals surface area contributed by atoms with Gasteiger partial charge in [-0.15, -0.1) is 0 Å². The van der Waals surface area contributed by atoms with Crippen molar-refractivity contribution in [3.8, 4) is 0 Å². The highest BCUT2D eigenvalue weighted by atomic mass is 16.2. The summed E-state index contributed by atoms with van der Waals surface area (Å²) < 4.78 is 0. The number of likely N-dealkylation sites (N-methyl/N-ethyl adjacent to an activating group) is 1. The lowest BCUT2D eigenvalue weighted by Crippen LogP contribution is -2.45. The second kappa shape index (κ2) is 8.05. The molecule has 2 aromatic carbocycles. The molecule has 1 aliphatic heterocycles. The Labute approximate surface area is 178 Å². The molecule has 4 rings (SSSR count). The van der Waals surface area contributed by atoms with E-state index in [-0.39, 0.29) is 24.3 Å². The second-order valence-electron chi connectivity index (χ2n) is 8.37. The van der Waals surface area contributed by atoms with Gasteiger partial charge >= 0.3 is 0 Å². The molecular weight excluding hydrogens is 374 g/mol. The summed E-state index contributed by atoms with van der Waals surface area (Å²) in [5, 5.41) is 0. The first-order valence-electron chi connectivity index (χ1n) is 10.8. The Kier molecular flexibility index (Phi) is 5.46. The van der Waals surface area contributed by atoms with Crippen LogP contribution in [-0.2, 0) is 9.59 Å². The summed E-state index contributed by atoms with van der Waals surface area (Å²) in [6, 6.07) is 12.0. The predicted octanol–water partition coefficient (Wildman–Crippen LogP) is 4.88. The Morgan fingerprint density at radius 3 is 2.67 bits per heavy atom. The molecule has 0 radical (unpaired) electrons. The summed E-state index contributed by atoms with van der Waals surface area (Å²) >= 11 is 0. The third-order valence-corrected chi connectivity index (χ3v) is 6.26. The van der Waals surface area contributed by atoms with Crippen LogP contribution < -0.4 is 9.80 Å². The minimum Gasteiger partial charge on any atom is -0.311 e. The van der Waals surface area contributed by atoms with Gasteiger partial charge < -0.3 is 9.80 Å². The number of amides is 2. The third kappa shape index (κ3) is 3.64. The number of carbonyl (C=O) groups is 2. The van der Waals surface area contributed by atoms with Crippen LogP contribution in [0.1, 0.15) is 42.9 Å². The monoisotopic (exact) mass is 403 g/mol. The van der Waals surface area contributed by atoms with Crippen LogP contribution in [-0.4, -0.2) is 30.6 Å². The number of anilines is 2. The molecular formula is C25H29N3O2. The normalized spacial score (nSPS) is 17.9. The topological polar surface area (TPSA) is 53.0 Å². The SMILES string of the molecule is CCN(C(=O)CN1C(=O)C2CCCC2=Nc2cc(C)c(C)cc21)c1cccc(C)c1. The molecule has 2 aromatic rings. The van der Waals surface area contributed by atoms with Crippen LogP contribution in [0, 0.1) is 26.7 Å². The van der Waals surface area contributed by atoms with E-state index in [4.69, 9.17) is 4.99 Å². The van der Waals surface area contributed by atoms with Crippen molar-refractivity contribution in [3.63, 3.8) is 0 Å². The van der Waals surface area contributed by atoms with E-state index < -0.39 is 0 Å². The van der Waals surface area contributed by atoms with Gasteiger partial charge in [0, 0.05) is 17.9 Å². The van der Waals surface area contributed by atoms with Crippen LogP contribution in [0.25, 0.3) is 0 Å². The molecule has 5 heteroatoms. The number of fused-ring (bicyclic) bond motifs is 2. The number of hydrogen-bond acceptors (Lipinski definition) is 3. The molecule has 156 valence electrons. The molecule has 1 aliphatic carbocycles.